The van der Waals surface area contributed by atoms with Gasteiger partial charge in [0.1, 0.15) is 0 Å². The highest BCUT2D eigenvalue weighted by atomic mass is 35.5. The number of hydrogen-bond donors (Lipinski definition) is 1. The maximum Gasteiger partial charge on any atom is 0.0597 e. The molecule has 0 saturated heterocycles. The maximum absolute atomic E-state index is 6.31. The number of nitrogens with zero attached hydrogens (tertiary/aromatic N) is 2. The molecule has 1 atom stereocenters. The SMILES string of the molecule is CCNC(Cc1c(Cl)cccc1Cl)c1cc(C)nn1CC. The van der Waals surface area contributed by atoms with Crippen LogP contribution in [0.4, 0.5) is 0 Å². The third kappa shape index (κ3) is 3.79. The molecular weight excluding hydrogens is 305 g/mol. The molecular formula is C16H21Cl2N3. The van der Waals surface area contributed by atoms with Gasteiger partial charge in [-0.25, -0.2) is 0 Å². The summed E-state index contributed by atoms with van der Waals surface area (Å²) in [7, 11) is 0. The van der Waals surface area contributed by atoms with Gasteiger partial charge >= 0.3 is 0 Å². The molecule has 0 aliphatic heterocycles. The fraction of sp³-hybridized carbons (Fsp3) is 0.438. The molecule has 0 amide bonds. The Hall–Kier alpha value is -1.03. The van der Waals surface area contributed by atoms with E-state index in [1.165, 1.54) is 5.69 Å². The third-order valence-electron chi connectivity index (χ3n) is 3.51. The Morgan fingerprint density at radius 3 is 2.48 bits per heavy atom. The summed E-state index contributed by atoms with van der Waals surface area (Å²) in [5, 5.41) is 9.47. The van der Waals surface area contributed by atoms with E-state index in [0.29, 0.717) is 10.0 Å². The monoisotopic (exact) mass is 325 g/mol. The van der Waals surface area contributed by atoms with Crippen molar-refractivity contribution in [2.75, 3.05) is 6.54 Å². The molecule has 0 spiro atoms. The van der Waals surface area contributed by atoms with Gasteiger partial charge in [0.2, 0.25) is 0 Å². The lowest BCUT2D eigenvalue weighted by molar-refractivity contribution is 0.490. The molecule has 2 aromatic rings. The molecule has 1 aromatic carbocycles. The molecule has 0 aliphatic carbocycles. The second-order valence-electron chi connectivity index (χ2n) is 5.04. The van der Waals surface area contributed by atoms with Crippen molar-refractivity contribution >= 4 is 23.2 Å². The van der Waals surface area contributed by atoms with Crippen molar-refractivity contribution in [3.8, 4) is 0 Å². The lowest BCUT2D eigenvalue weighted by Crippen LogP contribution is -2.26. The summed E-state index contributed by atoms with van der Waals surface area (Å²) in [5.41, 5.74) is 3.18. The standard InChI is InChI=1S/C16H21Cl2N3/c1-4-19-15(16-9-11(3)20-21(16)5-2)10-12-13(17)7-6-8-14(12)18/h6-9,15,19H,4-5,10H2,1-3H3. The van der Waals surface area contributed by atoms with Gasteiger partial charge in [-0.15, -0.1) is 0 Å². The number of likely N-dealkylation sites (N-methyl/N-ethyl adjacent to an activating group) is 1. The van der Waals surface area contributed by atoms with Crippen LogP contribution in [-0.2, 0) is 13.0 Å². The lowest BCUT2D eigenvalue weighted by Gasteiger charge is -2.20. The largest absolute Gasteiger partial charge is 0.309 e. The molecule has 1 unspecified atom stereocenters. The maximum atomic E-state index is 6.31. The topological polar surface area (TPSA) is 29.9 Å². The fourth-order valence-electron chi connectivity index (χ4n) is 2.56. The van der Waals surface area contributed by atoms with Crippen LogP contribution in [0, 0.1) is 6.92 Å². The van der Waals surface area contributed by atoms with E-state index in [9.17, 15) is 0 Å². The number of benzene rings is 1. The Kier molecular flexibility index (Phi) is 5.68. The molecule has 0 fully saturated rings. The van der Waals surface area contributed by atoms with E-state index in [2.05, 4.69) is 30.3 Å². The smallest absolute Gasteiger partial charge is 0.0597 e. The minimum Gasteiger partial charge on any atom is -0.309 e. The van der Waals surface area contributed by atoms with Gasteiger partial charge in [-0.05, 0) is 50.6 Å². The van der Waals surface area contributed by atoms with Crippen molar-refractivity contribution in [3.05, 3.63) is 51.3 Å². The van der Waals surface area contributed by atoms with Crippen molar-refractivity contribution < 1.29 is 0 Å². The van der Waals surface area contributed by atoms with E-state index in [4.69, 9.17) is 23.2 Å². The van der Waals surface area contributed by atoms with Crippen LogP contribution < -0.4 is 5.32 Å². The second-order valence-corrected chi connectivity index (χ2v) is 5.86. The Morgan fingerprint density at radius 2 is 1.90 bits per heavy atom. The highest BCUT2D eigenvalue weighted by Crippen LogP contribution is 2.29. The van der Waals surface area contributed by atoms with Gasteiger partial charge in [-0.3, -0.25) is 4.68 Å². The predicted molar refractivity (Wildman–Crippen MR) is 89.2 cm³/mol. The quantitative estimate of drug-likeness (QED) is 0.852. The number of aromatic nitrogens is 2. The highest BCUT2D eigenvalue weighted by molar-refractivity contribution is 6.36. The molecule has 0 aliphatic rings. The molecule has 21 heavy (non-hydrogen) atoms. The number of nitrogens with one attached hydrogen (secondary N) is 1. The predicted octanol–water partition coefficient (Wildman–Crippen LogP) is 4.41. The summed E-state index contributed by atoms with van der Waals surface area (Å²) in [6.45, 7) is 7.94. The Bertz CT molecular complexity index is 587. The number of aryl methyl sites for hydroxylation is 2. The number of hydrogen-bond acceptors (Lipinski definition) is 2. The van der Waals surface area contributed by atoms with Crippen LogP contribution in [0.15, 0.2) is 24.3 Å². The molecule has 1 aromatic heterocycles. The van der Waals surface area contributed by atoms with Crippen molar-refractivity contribution in [1.29, 1.82) is 0 Å². The van der Waals surface area contributed by atoms with Crippen LogP contribution in [-0.4, -0.2) is 16.3 Å². The van der Waals surface area contributed by atoms with Crippen LogP contribution in [0.3, 0.4) is 0 Å². The minimum atomic E-state index is 0.147. The zero-order valence-corrected chi connectivity index (χ0v) is 14.2. The van der Waals surface area contributed by atoms with Crippen molar-refractivity contribution in [2.24, 2.45) is 0 Å². The van der Waals surface area contributed by atoms with Crippen LogP contribution in [0.5, 0.6) is 0 Å². The first-order chi connectivity index (χ1) is 10.1. The van der Waals surface area contributed by atoms with Crippen LogP contribution in [0.1, 0.15) is 36.8 Å². The third-order valence-corrected chi connectivity index (χ3v) is 4.22. The molecule has 1 N–H and O–H groups in total. The van der Waals surface area contributed by atoms with Gasteiger partial charge in [0, 0.05) is 16.6 Å². The van der Waals surface area contributed by atoms with Gasteiger partial charge in [0.05, 0.1) is 17.4 Å². The summed E-state index contributed by atoms with van der Waals surface area (Å²) in [6.07, 6.45) is 0.748. The van der Waals surface area contributed by atoms with E-state index < -0.39 is 0 Å². The van der Waals surface area contributed by atoms with E-state index in [-0.39, 0.29) is 6.04 Å². The van der Waals surface area contributed by atoms with Crippen LogP contribution >= 0.6 is 23.2 Å². The average Bonchev–Trinajstić information content (AvgIpc) is 2.83. The second kappa shape index (κ2) is 7.30. The molecule has 2 rings (SSSR count). The van der Waals surface area contributed by atoms with Gasteiger partial charge in [0.25, 0.3) is 0 Å². The summed E-state index contributed by atoms with van der Waals surface area (Å²) >= 11 is 12.6. The lowest BCUT2D eigenvalue weighted by atomic mass is 10.0. The van der Waals surface area contributed by atoms with Gasteiger partial charge in [-0.2, -0.15) is 5.10 Å². The van der Waals surface area contributed by atoms with E-state index >= 15 is 0 Å². The summed E-state index contributed by atoms with van der Waals surface area (Å²) in [6, 6.07) is 7.91. The molecule has 5 heteroatoms. The summed E-state index contributed by atoms with van der Waals surface area (Å²) < 4.78 is 2.04. The van der Waals surface area contributed by atoms with Gasteiger partial charge in [-0.1, -0.05) is 36.2 Å². The molecule has 1 heterocycles. The molecule has 0 radical (unpaired) electrons. The zero-order valence-electron chi connectivity index (χ0n) is 12.7. The van der Waals surface area contributed by atoms with Crippen LogP contribution in [0.25, 0.3) is 0 Å². The van der Waals surface area contributed by atoms with E-state index in [1.54, 1.807) is 0 Å². The Morgan fingerprint density at radius 1 is 1.24 bits per heavy atom. The zero-order chi connectivity index (χ0) is 15.4. The Labute approximate surface area is 136 Å². The number of halogens is 2. The first-order valence-electron chi connectivity index (χ1n) is 7.27. The Balaban J connectivity index is 2.35. The molecule has 0 saturated carbocycles. The number of rotatable bonds is 6. The summed E-state index contributed by atoms with van der Waals surface area (Å²) in [5.74, 6) is 0. The first-order valence-corrected chi connectivity index (χ1v) is 8.03. The van der Waals surface area contributed by atoms with Gasteiger partial charge < -0.3 is 5.32 Å². The van der Waals surface area contributed by atoms with E-state index in [1.807, 2.05) is 29.8 Å². The van der Waals surface area contributed by atoms with E-state index in [0.717, 1.165) is 30.8 Å². The molecule has 3 nitrogen and oxygen atoms in total. The van der Waals surface area contributed by atoms with Gasteiger partial charge in [0.15, 0.2) is 0 Å². The molecule has 0 bridgehead atoms. The van der Waals surface area contributed by atoms with Crippen molar-refractivity contribution in [1.82, 2.24) is 15.1 Å². The minimum absolute atomic E-state index is 0.147. The van der Waals surface area contributed by atoms with Crippen LogP contribution in [0.2, 0.25) is 10.0 Å². The van der Waals surface area contributed by atoms with Crippen molar-refractivity contribution in [3.63, 3.8) is 0 Å². The highest BCUT2D eigenvalue weighted by Gasteiger charge is 2.19. The summed E-state index contributed by atoms with van der Waals surface area (Å²) in [4.78, 5) is 0. The van der Waals surface area contributed by atoms with Crippen molar-refractivity contribution in [2.45, 2.75) is 39.8 Å². The fourth-order valence-corrected chi connectivity index (χ4v) is 3.11. The average molecular weight is 326 g/mol. The normalized spacial score (nSPS) is 12.6. The first kappa shape index (κ1) is 16.3. The molecule has 114 valence electrons.